The van der Waals surface area contributed by atoms with Crippen molar-refractivity contribution in [2.24, 2.45) is 0 Å². The van der Waals surface area contributed by atoms with Crippen molar-refractivity contribution in [1.82, 2.24) is 4.90 Å². The van der Waals surface area contributed by atoms with E-state index in [0.29, 0.717) is 42.5 Å². The highest BCUT2D eigenvalue weighted by molar-refractivity contribution is 6.42. The molecule has 0 saturated carbocycles. The number of benzene rings is 1. The molecule has 1 rings (SSSR count). The molecule has 5 heteroatoms. The molecule has 0 unspecified atom stereocenters. The van der Waals surface area contributed by atoms with Crippen LogP contribution in [0.1, 0.15) is 18.4 Å². The van der Waals surface area contributed by atoms with Gasteiger partial charge in [-0.05, 0) is 11.6 Å². The molecule has 0 bridgehead atoms. The van der Waals surface area contributed by atoms with Crippen molar-refractivity contribution in [3.05, 3.63) is 33.8 Å². The second kappa shape index (κ2) is 7.95. The average molecular weight is 282 g/mol. The minimum atomic E-state index is 0.434. The summed E-state index contributed by atoms with van der Waals surface area (Å²) in [5.74, 6) is 0. The van der Waals surface area contributed by atoms with E-state index in [9.17, 15) is 0 Å². The predicted molar refractivity (Wildman–Crippen MR) is 72.2 cm³/mol. The summed E-state index contributed by atoms with van der Waals surface area (Å²) in [5.41, 5.74) is 0.917. The maximum Gasteiger partial charge on any atom is 0.0637 e. The Kier molecular flexibility index (Phi) is 6.54. The summed E-state index contributed by atoms with van der Waals surface area (Å²) in [6, 6.07) is 9.69. The van der Waals surface area contributed by atoms with Crippen LogP contribution >= 0.6 is 23.2 Å². The smallest absolute Gasteiger partial charge is 0.0637 e. The van der Waals surface area contributed by atoms with Crippen LogP contribution < -0.4 is 0 Å². The van der Waals surface area contributed by atoms with E-state index in [0.717, 1.165) is 5.56 Å². The van der Waals surface area contributed by atoms with Gasteiger partial charge in [0.1, 0.15) is 0 Å². The van der Waals surface area contributed by atoms with Crippen LogP contribution in [0.3, 0.4) is 0 Å². The molecule has 0 aliphatic carbocycles. The molecule has 1 aromatic rings. The van der Waals surface area contributed by atoms with E-state index in [1.165, 1.54) is 0 Å². The Hall–Kier alpha value is -1.26. The molecule has 0 aliphatic rings. The molecule has 0 aliphatic heterocycles. The highest BCUT2D eigenvalue weighted by atomic mass is 35.5. The van der Waals surface area contributed by atoms with Gasteiger partial charge in [0, 0.05) is 32.5 Å². The summed E-state index contributed by atoms with van der Waals surface area (Å²) in [4.78, 5) is 2.03. The van der Waals surface area contributed by atoms with E-state index in [4.69, 9.17) is 33.7 Å². The molecule has 0 atom stereocenters. The summed E-state index contributed by atoms with van der Waals surface area (Å²) < 4.78 is 0. The van der Waals surface area contributed by atoms with Crippen LogP contribution in [0.4, 0.5) is 0 Å². The standard InChI is InChI=1S/C13H13Cl2N3/c14-12-5-1-4-11(13(12)15)10-18(8-2-6-16)9-3-7-17/h1,4-5H,2-3,8-10H2. The molecular weight excluding hydrogens is 269 g/mol. The first-order valence-corrected chi connectivity index (χ1v) is 6.33. The minimum Gasteiger partial charge on any atom is -0.297 e. The lowest BCUT2D eigenvalue weighted by molar-refractivity contribution is 0.278. The number of hydrogen-bond donors (Lipinski definition) is 0. The minimum absolute atomic E-state index is 0.434. The molecule has 0 amide bonds. The van der Waals surface area contributed by atoms with E-state index in [1.54, 1.807) is 6.07 Å². The van der Waals surface area contributed by atoms with Crippen molar-refractivity contribution in [2.45, 2.75) is 19.4 Å². The fourth-order valence-electron chi connectivity index (χ4n) is 1.60. The van der Waals surface area contributed by atoms with Gasteiger partial charge in [-0.25, -0.2) is 0 Å². The Labute approximate surface area is 117 Å². The van der Waals surface area contributed by atoms with Crippen molar-refractivity contribution in [1.29, 1.82) is 10.5 Å². The van der Waals surface area contributed by atoms with Gasteiger partial charge in [0.2, 0.25) is 0 Å². The molecule has 0 spiro atoms. The van der Waals surface area contributed by atoms with Crippen molar-refractivity contribution in [3.63, 3.8) is 0 Å². The van der Waals surface area contributed by atoms with Gasteiger partial charge < -0.3 is 0 Å². The first-order chi connectivity index (χ1) is 8.69. The van der Waals surface area contributed by atoms with Crippen molar-refractivity contribution < 1.29 is 0 Å². The molecule has 0 radical (unpaired) electrons. The molecule has 0 N–H and O–H groups in total. The Balaban J connectivity index is 2.73. The number of hydrogen-bond acceptors (Lipinski definition) is 3. The van der Waals surface area contributed by atoms with Gasteiger partial charge in [-0.2, -0.15) is 10.5 Å². The van der Waals surface area contributed by atoms with Crippen molar-refractivity contribution >= 4 is 23.2 Å². The molecule has 0 saturated heterocycles. The molecular formula is C13H13Cl2N3. The lowest BCUT2D eigenvalue weighted by Gasteiger charge is -2.20. The molecule has 94 valence electrons. The van der Waals surface area contributed by atoms with Crippen LogP contribution in [-0.2, 0) is 6.54 Å². The predicted octanol–water partition coefficient (Wildman–Crippen LogP) is 3.62. The van der Waals surface area contributed by atoms with Gasteiger partial charge in [-0.1, -0.05) is 35.3 Å². The first kappa shape index (κ1) is 14.8. The zero-order chi connectivity index (χ0) is 13.4. The molecule has 0 aromatic heterocycles. The maximum absolute atomic E-state index is 8.62. The zero-order valence-corrected chi connectivity index (χ0v) is 11.4. The topological polar surface area (TPSA) is 50.8 Å². The lowest BCUT2D eigenvalue weighted by atomic mass is 10.2. The van der Waals surface area contributed by atoms with Gasteiger partial charge in [0.25, 0.3) is 0 Å². The number of halogens is 2. The zero-order valence-electron chi connectivity index (χ0n) is 9.87. The third kappa shape index (κ3) is 4.55. The van der Waals surface area contributed by atoms with Crippen molar-refractivity contribution in [3.8, 4) is 12.1 Å². The maximum atomic E-state index is 8.62. The highest BCUT2D eigenvalue weighted by Crippen LogP contribution is 2.26. The van der Waals surface area contributed by atoms with E-state index in [-0.39, 0.29) is 0 Å². The largest absolute Gasteiger partial charge is 0.297 e. The summed E-state index contributed by atoms with van der Waals surface area (Å²) in [7, 11) is 0. The van der Waals surface area contributed by atoms with Gasteiger partial charge in [0.05, 0.1) is 22.2 Å². The van der Waals surface area contributed by atoms with Crippen molar-refractivity contribution in [2.75, 3.05) is 13.1 Å². The summed E-state index contributed by atoms with van der Waals surface area (Å²) in [5, 5.41) is 18.3. The highest BCUT2D eigenvalue weighted by Gasteiger charge is 2.10. The van der Waals surface area contributed by atoms with Gasteiger partial charge in [0.15, 0.2) is 0 Å². The first-order valence-electron chi connectivity index (χ1n) is 5.58. The van der Waals surface area contributed by atoms with E-state index in [2.05, 4.69) is 12.1 Å². The number of nitrogens with zero attached hydrogens (tertiary/aromatic N) is 3. The van der Waals surface area contributed by atoms with Crippen LogP contribution in [-0.4, -0.2) is 18.0 Å². The molecule has 3 nitrogen and oxygen atoms in total. The third-order valence-electron chi connectivity index (χ3n) is 2.51. The molecule has 0 heterocycles. The number of rotatable bonds is 6. The van der Waals surface area contributed by atoms with E-state index >= 15 is 0 Å². The summed E-state index contributed by atoms with van der Waals surface area (Å²) in [6.45, 7) is 1.85. The lowest BCUT2D eigenvalue weighted by Crippen LogP contribution is -2.25. The van der Waals surface area contributed by atoms with Gasteiger partial charge >= 0.3 is 0 Å². The molecule has 18 heavy (non-hydrogen) atoms. The van der Waals surface area contributed by atoms with Gasteiger partial charge in [-0.3, -0.25) is 4.90 Å². The second-order valence-electron chi connectivity index (χ2n) is 3.81. The second-order valence-corrected chi connectivity index (χ2v) is 4.59. The summed E-state index contributed by atoms with van der Waals surface area (Å²) >= 11 is 12.1. The van der Waals surface area contributed by atoms with Gasteiger partial charge in [-0.15, -0.1) is 0 Å². The Bertz CT molecular complexity index is 456. The Morgan fingerprint density at radius 1 is 1.06 bits per heavy atom. The Morgan fingerprint density at radius 2 is 1.67 bits per heavy atom. The average Bonchev–Trinajstić information content (AvgIpc) is 2.38. The van der Waals surface area contributed by atoms with Crippen LogP contribution in [0.25, 0.3) is 0 Å². The van der Waals surface area contributed by atoms with E-state index < -0.39 is 0 Å². The van der Waals surface area contributed by atoms with Crippen LogP contribution in [0, 0.1) is 22.7 Å². The number of nitriles is 2. The molecule has 0 fully saturated rings. The Morgan fingerprint density at radius 3 is 2.22 bits per heavy atom. The summed E-state index contributed by atoms with van der Waals surface area (Å²) in [6.07, 6.45) is 0.868. The quantitative estimate of drug-likeness (QED) is 0.800. The van der Waals surface area contributed by atoms with E-state index in [1.807, 2.05) is 17.0 Å². The molecule has 1 aromatic carbocycles. The SMILES string of the molecule is N#CCCN(CCC#N)Cc1cccc(Cl)c1Cl. The third-order valence-corrected chi connectivity index (χ3v) is 3.36. The van der Waals surface area contributed by atoms with Crippen LogP contribution in [0.15, 0.2) is 18.2 Å². The van der Waals surface area contributed by atoms with Crippen LogP contribution in [0.2, 0.25) is 10.0 Å². The van der Waals surface area contributed by atoms with Crippen LogP contribution in [0.5, 0.6) is 0 Å². The monoisotopic (exact) mass is 281 g/mol. The fraction of sp³-hybridized carbons (Fsp3) is 0.385. The normalized spacial score (nSPS) is 10.1. The fourth-order valence-corrected chi connectivity index (χ4v) is 1.98.